The molecule has 8 atom stereocenters. The standard InChI is InChI=1S/C22H34N2O4/c1-12(20(27)28)23-19(26)16-6-5-14-13-4-7-17-22(3,11-9-18(25)24-17)15(13)8-10-21(14,16)2/h12-17H,4-11H2,1-3H3,(H,23,26)(H,24,25)(H,27,28)/t12?,13-,14-,15-,16+,17+,21-,22+/m0/s1. The first-order valence-corrected chi connectivity index (χ1v) is 11.0. The van der Waals surface area contributed by atoms with Gasteiger partial charge < -0.3 is 15.7 Å². The maximum Gasteiger partial charge on any atom is 0.325 e. The first-order valence-electron chi connectivity index (χ1n) is 11.0. The van der Waals surface area contributed by atoms with E-state index in [0.29, 0.717) is 30.2 Å². The smallest absolute Gasteiger partial charge is 0.325 e. The number of hydrogen-bond donors (Lipinski definition) is 3. The zero-order valence-corrected chi connectivity index (χ0v) is 17.3. The molecule has 3 saturated carbocycles. The quantitative estimate of drug-likeness (QED) is 0.690. The first-order chi connectivity index (χ1) is 13.2. The molecule has 6 heteroatoms. The highest BCUT2D eigenvalue weighted by molar-refractivity contribution is 5.85. The zero-order chi connectivity index (χ0) is 20.3. The number of nitrogens with one attached hydrogen (secondary N) is 2. The highest BCUT2D eigenvalue weighted by Crippen LogP contribution is 2.65. The summed E-state index contributed by atoms with van der Waals surface area (Å²) < 4.78 is 0. The molecule has 4 fully saturated rings. The fraction of sp³-hybridized carbons (Fsp3) is 0.864. The number of carboxylic acids is 1. The third-order valence-corrected chi connectivity index (χ3v) is 9.14. The van der Waals surface area contributed by atoms with Gasteiger partial charge in [-0.15, -0.1) is 0 Å². The predicted octanol–water partition coefficient (Wildman–Crippen LogP) is 2.71. The molecule has 2 amide bonds. The normalized spacial score (nSPS) is 45.8. The van der Waals surface area contributed by atoms with Gasteiger partial charge in [-0.2, -0.15) is 0 Å². The fourth-order valence-electron chi connectivity index (χ4n) is 7.51. The van der Waals surface area contributed by atoms with E-state index in [-0.39, 0.29) is 28.6 Å². The fourth-order valence-corrected chi connectivity index (χ4v) is 7.51. The Balaban J connectivity index is 1.53. The Morgan fingerprint density at radius 2 is 1.79 bits per heavy atom. The second kappa shape index (κ2) is 6.74. The van der Waals surface area contributed by atoms with Crippen LogP contribution in [0, 0.1) is 34.5 Å². The first kappa shape index (κ1) is 19.7. The van der Waals surface area contributed by atoms with Gasteiger partial charge in [0, 0.05) is 18.4 Å². The van der Waals surface area contributed by atoms with Crippen LogP contribution in [0.1, 0.15) is 72.1 Å². The molecule has 0 aromatic heterocycles. The summed E-state index contributed by atoms with van der Waals surface area (Å²) in [5, 5.41) is 15.1. The van der Waals surface area contributed by atoms with Crippen LogP contribution >= 0.6 is 0 Å². The zero-order valence-electron chi connectivity index (χ0n) is 17.3. The van der Waals surface area contributed by atoms with Crippen molar-refractivity contribution in [3.63, 3.8) is 0 Å². The number of hydrogen-bond acceptors (Lipinski definition) is 3. The van der Waals surface area contributed by atoms with E-state index in [1.54, 1.807) is 0 Å². The van der Waals surface area contributed by atoms with E-state index < -0.39 is 12.0 Å². The van der Waals surface area contributed by atoms with Crippen molar-refractivity contribution >= 4 is 17.8 Å². The molecule has 4 aliphatic rings. The highest BCUT2D eigenvalue weighted by atomic mass is 16.4. The van der Waals surface area contributed by atoms with Gasteiger partial charge in [0.1, 0.15) is 6.04 Å². The second-order valence-electron chi connectivity index (χ2n) is 10.3. The summed E-state index contributed by atoms with van der Waals surface area (Å²) in [6, 6.07) is -0.539. The minimum Gasteiger partial charge on any atom is -0.480 e. The molecule has 4 rings (SSSR count). The molecule has 1 unspecified atom stereocenters. The van der Waals surface area contributed by atoms with E-state index in [1.807, 2.05) is 0 Å². The van der Waals surface area contributed by atoms with Gasteiger partial charge >= 0.3 is 5.97 Å². The van der Waals surface area contributed by atoms with Gasteiger partial charge in [0.2, 0.25) is 11.8 Å². The molecule has 0 aromatic rings. The van der Waals surface area contributed by atoms with Crippen LogP contribution in [0.4, 0.5) is 0 Å². The summed E-state index contributed by atoms with van der Waals surface area (Å²) in [7, 11) is 0. The van der Waals surface area contributed by atoms with Crippen LogP contribution in [0.15, 0.2) is 0 Å². The van der Waals surface area contributed by atoms with Crippen LogP contribution in [0.3, 0.4) is 0 Å². The number of carbonyl (C=O) groups is 3. The van der Waals surface area contributed by atoms with E-state index in [1.165, 1.54) is 6.92 Å². The molecule has 6 nitrogen and oxygen atoms in total. The SMILES string of the molecule is CC(NC(=O)[C@H]1CC[C@H]2[C@@H]3CC[C@H]4NC(=O)CC[C@]4(C)[C@H]3CC[C@]12C)C(=O)O. The molecule has 0 bridgehead atoms. The number of aliphatic carboxylic acids is 1. The van der Waals surface area contributed by atoms with Crippen LogP contribution in [0.2, 0.25) is 0 Å². The Morgan fingerprint density at radius 3 is 2.50 bits per heavy atom. The Labute approximate surface area is 167 Å². The van der Waals surface area contributed by atoms with Gasteiger partial charge in [0.15, 0.2) is 0 Å². The number of fused-ring (bicyclic) bond motifs is 5. The summed E-state index contributed by atoms with van der Waals surface area (Å²) in [6.07, 6.45) is 7.84. The van der Waals surface area contributed by atoms with Crippen LogP contribution in [0.5, 0.6) is 0 Å². The molecule has 0 radical (unpaired) electrons. The summed E-state index contributed by atoms with van der Waals surface area (Å²) in [5.74, 6) is 0.806. The van der Waals surface area contributed by atoms with Crippen molar-refractivity contribution in [3.05, 3.63) is 0 Å². The highest BCUT2D eigenvalue weighted by Gasteiger charge is 2.61. The lowest BCUT2D eigenvalue weighted by atomic mass is 9.47. The lowest BCUT2D eigenvalue weighted by Crippen LogP contribution is -2.61. The minimum atomic E-state index is -0.984. The van der Waals surface area contributed by atoms with E-state index in [2.05, 4.69) is 24.5 Å². The summed E-state index contributed by atoms with van der Waals surface area (Å²) in [4.78, 5) is 35.9. The molecule has 28 heavy (non-hydrogen) atoms. The lowest BCUT2D eigenvalue weighted by molar-refractivity contribution is -0.145. The van der Waals surface area contributed by atoms with Gasteiger partial charge in [0.25, 0.3) is 0 Å². The number of amides is 2. The van der Waals surface area contributed by atoms with Gasteiger partial charge in [0.05, 0.1) is 0 Å². The largest absolute Gasteiger partial charge is 0.480 e. The molecular weight excluding hydrogens is 356 g/mol. The summed E-state index contributed by atoms with van der Waals surface area (Å²) in [5.41, 5.74) is 0.140. The van der Waals surface area contributed by atoms with Gasteiger partial charge in [-0.05, 0) is 80.5 Å². The minimum absolute atomic E-state index is 0.0371. The van der Waals surface area contributed by atoms with Crippen molar-refractivity contribution < 1.29 is 19.5 Å². The van der Waals surface area contributed by atoms with Crippen LogP contribution in [-0.2, 0) is 14.4 Å². The third kappa shape index (κ3) is 2.86. The van der Waals surface area contributed by atoms with Crippen molar-refractivity contribution in [2.75, 3.05) is 0 Å². The molecule has 1 heterocycles. The van der Waals surface area contributed by atoms with Crippen molar-refractivity contribution in [2.45, 2.75) is 84.2 Å². The molecule has 0 aromatic carbocycles. The van der Waals surface area contributed by atoms with Crippen molar-refractivity contribution in [1.82, 2.24) is 10.6 Å². The Hall–Kier alpha value is -1.59. The monoisotopic (exact) mass is 390 g/mol. The number of carboxylic acid groups (broad SMARTS) is 1. The Kier molecular flexibility index (Phi) is 4.74. The van der Waals surface area contributed by atoms with Gasteiger partial charge in [-0.1, -0.05) is 13.8 Å². The molecule has 3 N–H and O–H groups in total. The maximum absolute atomic E-state index is 12.9. The number of rotatable bonds is 3. The predicted molar refractivity (Wildman–Crippen MR) is 104 cm³/mol. The van der Waals surface area contributed by atoms with Crippen LogP contribution in [-0.4, -0.2) is 35.0 Å². The second-order valence-corrected chi connectivity index (χ2v) is 10.3. The Bertz CT molecular complexity index is 694. The molecule has 1 saturated heterocycles. The Morgan fingerprint density at radius 1 is 1.07 bits per heavy atom. The third-order valence-electron chi connectivity index (χ3n) is 9.14. The molecule has 156 valence electrons. The lowest BCUT2D eigenvalue weighted by Gasteiger charge is -2.60. The van der Waals surface area contributed by atoms with Gasteiger partial charge in [-0.25, -0.2) is 0 Å². The van der Waals surface area contributed by atoms with E-state index in [9.17, 15) is 14.4 Å². The van der Waals surface area contributed by atoms with Crippen LogP contribution in [0.25, 0.3) is 0 Å². The van der Waals surface area contributed by atoms with E-state index in [4.69, 9.17) is 5.11 Å². The molecule has 1 aliphatic heterocycles. The summed E-state index contributed by atoms with van der Waals surface area (Å²) >= 11 is 0. The van der Waals surface area contributed by atoms with E-state index >= 15 is 0 Å². The maximum atomic E-state index is 12.9. The molecular formula is C22H34N2O4. The molecule has 0 spiro atoms. The van der Waals surface area contributed by atoms with Crippen molar-refractivity contribution in [3.8, 4) is 0 Å². The topological polar surface area (TPSA) is 95.5 Å². The van der Waals surface area contributed by atoms with Crippen molar-refractivity contribution in [1.29, 1.82) is 0 Å². The molecule has 3 aliphatic carbocycles. The summed E-state index contributed by atoms with van der Waals surface area (Å²) in [6.45, 7) is 6.18. The van der Waals surface area contributed by atoms with Gasteiger partial charge in [-0.3, -0.25) is 14.4 Å². The average molecular weight is 391 g/mol. The van der Waals surface area contributed by atoms with Crippen molar-refractivity contribution in [2.24, 2.45) is 34.5 Å². The number of piperidine rings is 1. The average Bonchev–Trinajstić information content (AvgIpc) is 2.99. The van der Waals surface area contributed by atoms with E-state index in [0.717, 1.165) is 44.9 Å². The van der Waals surface area contributed by atoms with Crippen LogP contribution < -0.4 is 10.6 Å². The number of carbonyl (C=O) groups excluding carboxylic acids is 2.